The van der Waals surface area contributed by atoms with Gasteiger partial charge in [-0.15, -0.1) is 0 Å². The molecule has 0 spiro atoms. The minimum absolute atomic E-state index is 0.0864. The number of hydrogen-bond acceptors (Lipinski definition) is 2. The zero-order valence-electron chi connectivity index (χ0n) is 10.0. The molecule has 1 aliphatic rings. The highest BCUT2D eigenvalue weighted by atomic mass is 19.1. The average molecular weight is 254 g/mol. The third-order valence-corrected chi connectivity index (χ3v) is 3.09. The quantitative estimate of drug-likeness (QED) is 0.862. The second-order valence-electron chi connectivity index (χ2n) is 4.46. The molecule has 1 fully saturated rings. The SMILES string of the molecule is O=C(NCc1ccc(F)cc1F)[C@H]1CCCCN1. The first-order valence-corrected chi connectivity index (χ1v) is 6.12. The number of halogens is 2. The summed E-state index contributed by atoms with van der Waals surface area (Å²) >= 11 is 0. The first kappa shape index (κ1) is 13.0. The van der Waals surface area contributed by atoms with Crippen molar-refractivity contribution in [3.8, 4) is 0 Å². The summed E-state index contributed by atoms with van der Waals surface area (Å²) in [4.78, 5) is 11.8. The van der Waals surface area contributed by atoms with Gasteiger partial charge in [0.25, 0.3) is 0 Å². The average Bonchev–Trinajstić information content (AvgIpc) is 2.38. The maximum Gasteiger partial charge on any atom is 0.237 e. The van der Waals surface area contributed by atoms with Crippen LogP contribution in [0.15, 0.2) is 18.2 Å². The van der Waals surface area contributed by atoms with E-state index >= 15 is 0 Å². The van der Waals surface area contributed by atoms with E-state index in [4.69, 9.17) is 0 Å². The van der Waals surface area contributed by atoms with Gasteiger partial charge in [-0.05, 0) is 25.5 Å². The highest BCUT2D eigenvalue weighted by Gasteiger charge is 2.20. The van der Waals surface area contributed by atoms with Gasteiger partial charge in [0.15, 0.2) is 0 Å². The van der Waals surface area contributed by atoms with Gasteiger partial charge < -0.3 is 10.6 Å². The lowest BCUT2D eigenvalue weighted by molar-refractivity contribution is -0.123. The van der Waals surface area contributed by atoms with Gasteiger partial charge in [-0.1, -0.05) is 12.5 Å². The van der Waals surface area contributed by atoms with Crippen LogP contribution in [0.5, 0.6) is 0 Å². The van der Waals surface area contributed by atoms with Gasteiger partial charge in [-0.2, -0.15) is 0 Å². The van der Waals surface area contributed by atoms with Crippen molar-refractivity contribution in [1.29, 1.82) is 0 Å². The number of nitrogens with one attached hydrogen (secondary N) is 2. The van der Waals surface area contributed by atoms with Crippen LogP contribution in [-0.2, 0) is 11.3 Å². The highest BCUT2D eigenvalue weighted by Crippen LogP contribution is 2.10. The van der Waals surface area contributed by atoms with Crippen LogP contribution >= 0.6 is 0 Å². The standard InChI is InChI=1S/C13H16F2N2O/c14-10-5-4-9(11(15)7-10)8-17-13(18)12-3-1-2-6-16-12/h4-5,7,12,16H,1-3,6,8H2,(H,17,18)/t12-/m1/s1. The van der Waals surface area contributed by atoms with E-state index in [0.29, 0.717) is 5.56 Å². The molecule has 0 bridgehead atoms. The summed E-state index contributed by atoms with van der Waals surface area (Å²) in [5.74, 6) is -1.37. The van der Waals surface area contributed by atoms with E-state index in [-0.39, 0.29) is 18.5 Å². The summed E-state index contributed by atoms with van der Waals surface area (Å²) in [5, 5.41) is 5.78. The van der Waals surface area contributed by atoms with Gasteiger partial charge in [0.2, 0.25) is 5.91 Å². The second kappa shape index (κ2) is 5.91. The monoisotopic (exact) mass is 254 g/mol. The second-order valence-corrected chi connectivity index (χ2v) is 4.46. The predicted octanol–water partition coefficient (Wildman–Crippen LogP) is 1.72. The van der Waals surface area contributed by atoms with Gasteiger partial charge in [0.1, 0.15) is 11.6 Å². The fourth-order valence-electron chi connectivity index (χ4n) is 2.05. The maximum absolute atomic E-state index is 13.3. The van der Waals surface area contributed by atoms with E-state index in [2.05, 4.69) is 10.6 Å². The molecule has 0 radical (unpaired) electrons. The molecule has 1 aliphatic heterocycles. The molecule has 2 N–H and O–H groups in total. The largest absolute Gasteiger partial charge is 0.351 e. The smallest absolute Gasteiger partial charge is 0.237 e. The Morgan fingerprint density at radius 3 is 2.89 bits per heavy atom. The Kier molecular flexibility index (Phi) is 4.25. The van der Waals surface area contributed by atoms with Gasteiger partial charge in [-0.25, -0.2) is 8.78 Å². The predicted molar refractivity (Wildman–Crippen MR) is 63.8 cm³/mol. The summed E-state index contributed by atoms with van der Waals surface area (Å²) in [6.07, 6.45) is 2.91. The Bertz CT molecular complexity index is 431. The molecule has 18 heavy (non-hydrogen) atoms. The molecule has 98 valence electrons. The molecule has 2 rings (SSSR count). The van der Waals surface area contributed by atoms with Gasteiger partial charge >= 0.3 is 0 Å². The van der Waals surface area contributed by atoms with Crippen molar-refractivity contribution in [2.75, 3.05) is 6.54 Å². The Morgan fingerprint density at radius 1 is 1.39 bits per heavy atom. The molecule has 0 aliphatic carbocycles. The van der Waals surface area contributed by atoms with Gasteiger partial charge in [0.05, 0.1) is 6.04 Å². The van der Waals surface area contributed by atoms with Crippen LogP contribution in [-0.4, -0.2) is 18.5 Å². The number of piperidine rings is 1. The number of carbonyl (C=O) groups is 1. The van der Waals surface area contributed by atoms with E-state index in [0.717, 1.165) is 31.9 Å². The number of benzene rings is 1. The molecule has 0 saturated carbocycles. The zero-order chi connectivity index (χ0) is 13.0. The van der Waals surface area contributed by atoms with Crippen LogP contribution in [0.25, 0.3) is 0 Å². The maximum atomic E-state index is 13.3. The highest BCUT2D eigenvalue weighted by molar-refractivity contribution is 5.81. The molecule has 3 nitrogen and oxygen atoms in total. The first-order valence-electron chi connectivity index (χ1n) is 6.12. The fourth-order valence-corrected chi connectivity index (χ4v) is 2.05. The third kappa shape index (κ3) is 3.26. The Balaban J connectivity index is 1.88. The number of rotatable bonds is 3. The molecule has 0 unspecified atom stereocenters. The fraction of sp³-hybridized carbons (Fsp3) is 0.462. The van der Waals surface area contributed by atoms with E-state index in [9.17, 15) is 13.6 Å². The van der Waals surface area contributed by atoms with Gasteiger partial charge in [-0.3, -0.25) is 4.79 Å². The lowest BCUT2D eigenvalue weighted by Crippen LogP contribution is -2.46. The summed E-state index contributed by atoms with van der Waals surface area (Å²) < 4.78 is 26.0. The van der Waals surface area contributed by atoms with Crippen molar-refractivity contribution in [2.45, 2.75) is 31.8 Å². The molecular formula is C13H16F2N2O. The van der Waals surface area contributed by atoms with Gasteiger partial charge in [0, 0.05) is 18.2 Å². The van der Waals surface area contributed by atoms with Crippen molar-refractivity contribution in [3.63, 3.8) is 0 Å². The van der Waals surface area contributed by atoms with Crippen LogP contribution in [0.1, 0.15) is 24.8 Å². The summed E-state index contributed by atoms with van der Waals surface area (Å²) in [7, 11) is 0. The van der Waals surface area contributed by atoms with Crippen LogP contribution in [0.3, 0.4) is 0 Å². The lowest BCUT2D eigenvalue weighted by atomic mass is 10.0. The minimum atomic E-state index is -0.632. The zero-order valence-corrected chi connectivity index (χ0v) is 10.0. The number of carbonyl (C=O) groups excluding carboxylic acids is 1. The summed E-state index contributed by atoms with van der Waals surface area (Å²) in [6.45, 7) is 0.923. The van der Waals surface area contributed by atoms with Crippen molar-refractivity contribution in [3.05, 3.63) is 35.4 Å². The van der Waals surface area contributed by atoms with Crippen molar-refractivity contribution in [1.82, 2.24) is 10.6 Å². The Labute approximate surface area is 105 Å². The third-order valence-electron chi connectivity index (χ3n) is 3.09. The molecule has 1 aromatic rings. The van der Waals surface area contributed by atoms with E-state index in [1.807, 2.05) is 0 Å². The van der Waals surface area contributed by atoms with Crippen LogP contribution in [0.4, 0.5) is 8.78 Å². The summed E-state index contributed by atoms with van der Waals surface area (Å²) in [5.41, 5.74) is 0.292. The Hall–Kier alpha value is -1.49. The van der Waals surface area contributed by atoms with E-state index in [1.165, 1.54) is 12.1 Å². The Morgan fingerprint density at radius 2 is 2.22 bits per heavy atom. The first-order chi connectivity index (χ1) is 8.66. The number of hydrogen-bond donors (Lipinski definition) is 2. The van der Waals surface area contributed by atoms with Crippen LogP contribution in [0.2, 0.25) is 0 Å². The molecular weight excluding hydrogens is 238 g/mol. The van der Waals surface area contributed by atoms with Crippen LogP contribution in [0, 0.1) is 11.6 Å². The number of amides is 1. The van der Waals surface area contributed by atoms with Crippen molar-refractivity contribution in [2.24, 2.45) is 0 Å². The molecule has 1 aromatic carbocycles. The lowest BCUT2D eigenvalue weighted by Gasteiger charge is -2.22. The van der Waals surface area contributed by atoms with Crippen molar-refractivity contribution < 1.29 is 13.6 Å². The topological polar surface area (TPSA) is 41.1 Å². The molecule has 1 heterocycles. The van der Waals surface area contributed by atoms with E-state index < -0.39 is 11.6 Å². The molecule has 1 atom stereocenters. The summed E-state index contributed by atoms with van der Waals surface area (Å²) in [6, 6.07) is 3.16. The normalized spacial score (nSPS) is 19.6. The minimum Gasteiger partial charge on any atom is -0.351 e. The van der Waals surface area contributed by atoms with Crippen molar-refractivity contribution >= 4 is 5.91 Å². The molecule has 5 heteroatoms. The van der Waals surface area contributed by atoms with Crippen LogP contribution < -0.4 is 10.6 Å². The van der Waals surface area contributed by atoms with E-state index in [1.54, 1.807) is 0 Å². The molecule has 1 saturated heterocycles. The molecule has 1 amide bonds. The molecule has 0 aromatic heterocycles.